The van der Waals surface area contributed by atoms with Crippen LogP contribution in [-0.4, -0.2) is 6.61 Å². The highest BCUT2D eigenvalue weighted by Gasteiger charge is 2.16. The number of hydrogen-bond donors (Lipinski definition) is 0. The summed E-state index contributed by atoms with van der Waals surface area (Å²) in [5.41, 5.74) is 3.37. The van der Waals surface area contributed by atoms with Crippen molar-refractivity contribution in [2.75, 3.05) is 6.61 Å². The first-order valence-corrected chi connectivity index (χ1v) is 10.4. The molecule has 0 spiro atoms. The molecule has 0 N–H and O–H groups in total. The van der Waals surface area contributed by atoms with E-state index in [1.165, 1.54) is 12.1 Å². The minimum atomic E-state index is -0.956. The fourth-order valence-electron chi connectivity index (χ4n) is 3.39. The van der Waals surface area contributed by atoms with Crippen LogP contribution in [0.1, 0.15) is 42.9 Å². The molecule has 4 heteroatoms. The molecular weight excluding hydrogens is 385 g/mol. The lowest BCUT2D eigenvalue weighted by Crippen LogP contribution is -2.01. The summed E-state index contributed by atoms with van der Waals surface area (Å²) in [6.07, 6.45) is 4.09. The van der Waals surface area contributed by atoms with Crippen LogP contribution >= 0.6 is 0 Å². The minimum Gasteiger partial charge on any atom is -0.490 e. The second-order valence-electron chi connectivity index (χ2n) is 7.59. The van der Waals surface area contributed by atoms with Crippen molar-refractivity contribution in [3.63, 3.8) is 0 Å². The van der Waals surface area contributed by atoms with Crippen LogP contribution < -0.4 is 4.74 Å². The van der Waals surface area contributed by atoms with Crippen molar-refractivity contribution in [3.05, 3.63) is 88.7 Å². The van der Waals surface area contributed by atoms with Gasteiger partial charge in [0, 0.05) is 5.56 Å². The Balaban J connectivity index is 1.67. The summed E-state index contributed by atoms with van der Waals surface area (Å²) in [7, 11) is 0. The van der Waals surface area contributed by atoms with E-state index < -0.39 is 11.6 Å². The lowest BCUT2D eigenvalue weighted by molar-refractivity contribution is 0.286. The highest BCUT2D eigenvalue weighted by atomic mass is 19.2. The lowest BCUT2D eigenvalue weighted by Gasteiger charge is -2.11. The number of unbranched alkanes of at least 4 members (excludes halogenated alkanes) is 2. The topological polar surface area (TPSA) is 9.23 Å². The van der Waals surface area contributed by atoms with Gasteiger partial charge in [0.15, 0.2) is 11.6 Å². The van der Waals surface area contributed by atoms with Gasteiger partial charge in [0.25, 0.3) is 0 Å². The normalized spacial score (nSPS) is 11.0. The molecule has 158 valence electrons. The first-order valence-electron chi connectivity index (χ1n) is 10.4. The molecule has 0 fully saturated rings. The summed E-state index contributed by atoms with van der Waals surface area (Å²) >= 11 is 0. The maximum absolute atomic E-state index is 14.6. The summed E-state index contributed by atoms with van der Waals surface area (Å²) in [5.74, 6) is -2.11. The van der Waals surface area contributed by atoms with Crippen molar-refractivity contribution in [2.24, 2.45) is 0 Å². The first kappa shape index (κ1) is 21.9. The van der Waals surface area contributed by atoms with Gasteiger partial charge in [-0.2, -0.15) is 4.39 Å². The zero-order chi connectivity index (χ0) is 21.5. The SMILES string of the molecule is CCCCCOc1ccc(-c2ccc(CCc3ccc(C)cc3F)cc2)c(F)c1F. The van der Waals surface area contributed by atoms with Crippen molar-refractivity contribution < 1.29 is 17.9 Å². The molecule has 0 aliphatic carbocycles. The van der Waals surface area contributed by atoms with Crippen LogP contribution in [0.25, 0.3) is 11.1 Å². The quantitative estimate of drug-likeness (QED) is 0.332. The smallest absolute Gasteiger partial charge is 0.201 e. The fourth-order valence-corrected chi connectivity index (χ4v) is 3.39. The Hall–Kier alpha value is -2.75. The Kier molecular flexibility index (Phi) is 7.56. The number of benzene rings is 3. The van der Waals surface area contributed by atoms with Gasteiger partial charge in [-0.05, 0) is 66.6 Å². The van der Waals surface area contributed by atoms with Crippen LogP contribution in [0, 0.1) is 24.4 Å². The Labute approximate surface area is 176 Å². The van der Waals surface area contributed by atoms with Crippen LogP contribution in [0.15, 0.2) is 54.6 Å². The van der Waals surface area contributed by atoms with E-state index in [4.69, 9.17) is 4.74 Å². The van der Waals surface area contributed by atoms with Gasteiger partial charge >= 0.3 is 0 Å². The van der Waals surface area contributed by atoms with Gasteiger partial charge in [0.05, 0.1) is 6.61 Å². The third kappa shape index (κ3) is 5.44. The highest BCUT2D eigenvalue weighted by molar-refractivity contribution is 5.65. The highest BCUT2D eigenvalue weighted by Crippen LogP contribution is 2.30. The van der Waals surface area contributed by atoms with Gasteiger partial charge in [-0.3, -0.25) is 0 Å². The Morgan fingerprint density at radius 2 is 1.57 bits per heavy atom. The number of aryl methyl sites for hydroxylation is 3. The third-order valence-electron chi connectivity index (χ3n) is 5.21. The molecule has 0 aromatic heterocycles. The van der Waals surface area contributed by atoms with Crippen molar-refractivity contribution in [3.8, 4) is 16.9 Å². The predicted molar refractivity (Wildman–Crippen MR) is 115 cm³/mol. The van der Waals surface area contributed by atoms with Gasteiger partial charge < -0.3 is 4.74 Å². The van der Waals surface area contributed by atoms with Crippen LogP contribution in [0.5, 0.6) is 5.75 Å². The fraction of sp³-hybridized carbons (Fsp3) is 0.308. The van der Waals surface area contributed by atoms with E-state index in [0.29, 0.717) is 30.6 Å². The molecule has 0 unspecified atom stereocenters. The molecule has 3 aromatic carbocycles. The average molecular weight is 412 g/mol. The van der Waals surface area contributed by atoms with E-state index in [1.54, 1.807) is 18.2 Å². The maximum atomic E-state index is 14.6. The van der Waals surface area contributed by atoms with Gasteiger partial charge in [-0.15, -0.1) is 0 Å². The second kappa shape index (κ2) is 10.3. The Morgan fingerprint density at radius 3 is 2.27 bits per heavy atom. The second-order valence-corrected chi connectivity index (χ2v) is 7.59. The molecule has 0 amide bonds. The van der Waals surface area contributed by atoms with E-state index in [2.05, 4.69) is 6.92 Å². The van der Waals surface area contributed by atoms with E-state index in [0.717, 1.165) is 30.4 Å². The lowest BCUT2D eigenvalue weighted by atomic mass is 9.99. The van der Waals surface area contributed by atoms with Crippen LogP contribution in [0.3, 0.4) is 0 Å². The summed E-state index contributed by atoms with van der Waals surface area (Å²) in [5, 5.41) is 0. The minimum absolute atomic E-state index is 0.0518. The molecule has 0 aliphatic heterocycles. The first-order chi connectivity index (χ1) is 14.5. The number of ether oxygens (including phenoxy) is 1. The van der Waals surface area contributed by atoms with Crippen molar-refractivity contribution in [1.29, 1.82) is 0 Å². The maximum Gasteiger partial charge on any atom is 0.201 e. The van der Waals surface area contributed by atoms with Gasteiger partial charge in [0.1, 0.15) is 5.82 Å². The average Bonchev–Trinajstić information content (AvgIpc) is 2.74. The van der Waals surface area contributed by atoms with E-state index in [1.807, 2.05) is 31.2 Å². The van der Waals surface area contributed by atoms with Crippen LogP contribution in [-0.2, 0) is 12.8 Å². The molecule has 0 bridgehead atoms. The molecule has 0 atom stereocenters. The monoisotopic (exact) mass is 412 g/mol. The van der Waals surface area contributed by atoms with Gasteiger partial charge in [0.2, 0.25) is 5.82 Å². The zero-order valence-corrected chi connectivity index (χ0v) is 17.5. The van der Waals surface area contributed by atoms with Crippen LogP contribution in [0.4, 0.5) is 13.2 Å². The number of rotatable bonds is 9. The zero-order valence-electron chi connectivity index (χ0n) is 17.5. The summed E-state index contributed by atoms with van der Waals surface area (Å²) in [6.45, 7) is 4.31. The summed E-state index contributed by atoms with van der Waals surface area (Å²) < 4.78 is 48.3. The number of halogens is 3. The number of hydrogen-bond acceptors (Lipinski definition) is 1. The molecule has 0 heterocycles. The van der Waals surface area contributed by atoms with E-state index >= 15 is 0 Å². The van der Waals surface area contributed by atoms with Crippen molar-refractivity contribution in [2.45, 2.75) is 46.0 Å². The molecule has 30 heavy (non-hydrogen) atoms. The third-order valence-corrected chi connectivity index (χ3v) is 5.21. The molecule has 0 aliphatic rings. The largest absolute Gasteiger partial charge is 0.490 e. The summed E-state index contributed by atoms with van der Waals surface area (Å²) in [4.78, 5) is 0. The van der Waals surface area contributed by atoms with Crippen LogP contribution in [0.2, 0.25) is 0 Å². The summed E-state index contributed by atoms with van der Waals surface area (Å²) in [6, 6.07) is 15.5. The Morgan fingerprint density at radius 1 is 0.800 bits per heavy atom. The molecule has 0 saturated heterocycles. The van der Waals surface area contributed by atoms with Crippen molar-refractivity contribution >= 4 is 0 Å². The molecule has 1 nitrogen and oxygen atoms in total. The van der Waals surface area contributed by atoms with Crippen molar-refractivity contribution in [1.82, 2.24) is 0 Å². The molecular formula is C26H27F3O. The van der Waals surface area contributed by atoms with Gasteiger partial charge in [-0.25, -0.2) is 8.78 Å². The van der Waals surface area contributed by atoms with E-state index in [9.17, 15) is 13.2 Å². The van der Waals surface area contributed by atoms with Gasteiger partial charge in [-0.1, -0.05) is 56.2 Å². The molecule has 3 rings (SSSR count). The Bertz CT molecular complexity index is 980. The molecule has 0 radical (unpaired) electrons. The predicted octanol–water partition coefficient (Wildman–Crippen LogP) is 7.43. The molecule has 0 saturated carbocycles. The van der Waals surface area contributed by atoms with E-state index in [-0.39, 0.29) is 17.1 Å². The standard InChI is InChI=1S/C26H27F3O/c1-3-4-5-16-30-24-15-14-22(25(28)26(24)29)20-11-7-19(8-12-20)9-13-21-10-6-18(2)17-23(21)27/h6-8,10-12,14-15,17H,3-5,9,13,16H2,1-2H3. The molecule has 3 aromatic rings.